The number of benzene rings is 1. The second-order valence-electron chi connectivity index (χ2n) is 6.18. The highest BCUT2D eigenvalue weighted by Crippen LogP contribution is 2.32. The van der Waals surface area contributed by atoms with Crippen LogP contribution in [-0.4, -0.2) is 17.9 Å². The largest absolute Gasteiger partial charge is 0.311 e. The second kappa shape index (κ2) is 5.38. The highest BCUT2D eigenvalue weighted by molar-refractivity contribution is 6.00. The highest BCUT2D eigenvalue weighted by atomic mass is 16.1. The summed E-state index contributed by atoms with van der Waals surface area (Å²) in [6.07, 6.45) is 5.48. The van der Waals surface area contributed by atoms with E-state index >= 15 is 0 Å². The van der Waals surface area contributed by atoms with Crippen LogP contribution in [0.15, 0.2) is 18.2 Å². The molecule has 2 unspecified atom stereocenters. The van der Waals surface area contributed by atoms with Crippen LogP contribution in [0.5, 0.6) is 0 Å². The average molecular weight is 268 g/mol. The molecule has 0 radical (unpaired) electrons. The highest BCUT2D eigenvalue weighted by Gasteiger charge is 2.35. The molecule has 20 heavy (non-hydrogen) atoms. The Morgan fingerprint density at radius 1 is 1.30 bits per heavy atom. The van der Waals surface area contributed by atoms with Gasteiger partial charge in [-0.1, -0.05) is 12.5 Å². The molecular weight excluding hydrogens is 248 g/mol. The molecule has 2 saturated heterocycles. The standard InChI is InChI=1S/C17H20N2O/c1-11-5-6-16(13(7-11)10-18)17(20)12-8-14-3-2-4-15(9-12)19-14/h5-7,12,14-15,19H,2-4,8-9H2,1H3. The minimum atomic E-state index is 0.0846. The van der Waals surface area contributed by atoms with Gasteiger partial charge in [0.05, 0.1) is 11.6 Å². The minimum absolute atomic E-state index is 0.0846. The fourth-order valence-corrected chi connectivity index (χ4v) is 3.66. The molecule has 0 amide bonds. The normalized spacial score (nSPS) is 28.7. The molecule has 0 aliphatic carbocycles. The van der Waals surface area contributed by atoms with Gasteiger partial charge in [-0.25, -0.2) is 0 Å². The molecule has 3 nitrogen and oxygen atoms in total. The van der Waals surface area contributed by atoms with Gasteiger partial charge in [0.25, 0.3) is 0 Å². The van der Waals surface area contributed by atoms with Gasteiger partial charge in [0, 0.05) is 23.6 Å². The van der Waals surface area contributed by atoms with Gasteiger partial charge in [-0.2, -0.15) is 5.26 Å². The molecule has 2 fully saturated rings. The number of piperidine rings is 2. The van der Waals surface area contributed by atoms with Crippen LogP contribution in [0, 0.1) is 24.2 Å². The lowest BCUT2D eigenvalue weighted by molar-refractivity contribution is 0.0825. The molecule has 1 N–H and O–H groups in total. The van der Waals surface area contributed by atoms with E-state index in [0.29, 0.717) is 23.2 Å². The fourth-order valence-electron chi connectivity index (χ4n) is 3.66. The number of nitrogens with one attached hydrogen (secondary N) is 1. The number of Topliss-reactive ketones (excluding diaryl/α,β-unsaturated/α-hetero) is 1. The number of hydrogen-bond donors (Lipinski definition) is 1. The zero-order chi connectivity index (χ0) is 14.1. The lowest BCUT2D eigenvalue weighted by Crippen LogP contribution is -2.50. The Labute approximate surface area is 120 Å². The molecule has 0 saturated carbocycles. The van der Waals surface area contributed by atoms with E-state index in [0.717, 1.165) is 18.4 Å². The summed E-state index contributed by atoms with van der Waals surface area (Å²) in [4.78, 5) is 12.7. The molecule has 0 aromatic heterocycles. The predicted molar refractivity (Wildman–Crippen MR) is 77.5 cm³/mol. The van der Waals surface area contributed by atoms with E-state index in [1.807, 2.05) is 25.1 Å². The monoisotopic (exact) mass is 268 g/mol. The molecule has 104 valence electrons. The molecule has 2 aliphatic rings. The summed E-state index contributed by atoms with van der Waals surface area (Å²) in [6.45, 7) is 1.95. The fraction of sp³-hybridized carbons (Fsp3) is 0.529. The molecule has 2 aliphatic heterocycles. The summed E-state index contributed by atoms with van der Waals surface area (Å²) in [5.74, 6) is 0.251. The zero-order valence-corrected chi connectivity index (χ0v) is 11.9. The first-order chi connectivity index (χ1) is 9.67. The summed E-state index contributed by atoms with van der Waals surface area (Å²) >= 11 is 0. The summed E-state index contributed by atoms with van der Waals surface area (Å²) in [7, 11) is 0. The molecule has 0 spiro atoms. The molecular formula is C17H20N2O. The van der Waals surface area contributed by atoms with Gasteiger partial charge in [0.15, 0.2) is 5.78 Å². The molecule has 1 aromatic carbocycles. The SMILES string of the molecule is Cc1ccc(C(=O)C2CC3CCCC(C2)N3)c(C#N)c1. The van der Waals surface area contributed by atoms with Gasteiger partial charge in [0.2, 0.25) is 0 Å². The number of carbonyl (C=O) groups excluding carboxylic acids is 1. The molecule has 3 heteroatoms. The predicted octanol–water partition coefficient (Wildman–Crippen LogP) is 2.97. The smallest absolute Gasteiger partial charge is 0.167 e. The summed E-state index contributed by atoms with van der Waals surface area (Å²) in [5, 5.41) is 12.8. The van der Waals surface area contributed by atoms with E-state index in [4.69, 9.17) is 0 Å². The molecule has 2 heterocycles. The quantitative estimate of drug-likeness (QED) is 0.839. The summed E-state index contributed by atoms with van der Waals surface area (Å²) < 4.78 is 0. The number of nitrogens with zero attached hydrogens (tertiary/aromatic N) is 1. The van der Waals surface area contributed by atoms with Crippen molar-refractivity contribution in [3.05, 3.63) is 34.9 Å². The van der Waals surface area contributed by atoms with Crippen molar-refractivity contribution in [3.63, 3.8) is 0 Å². The van der Waals surface area contributed by atoms with Gasteiger partial charge in [-0.15, -0.1) is 0 Å². The van der Waals surface area contributed by atoms with Crippen LogP contribution in [-0.2, 0) is 0 Å². The van der Waals surface area contributed by atoms with Crippen LogP contribution in [0.3, 0.4) is 0 Å². The van der Waals surface area contributed by atoms with E-state index in [1.54, 1.807) is 0 Å². The number of rotatable bonds is 2. The van der Waals surface area contributed by atoms with Crippen LogP contribution in [0.1, 0.15) is 53.6 Å². The maximum Gasteiger partial charge on any atom is 0.167 e. The van der Waals surface area contributed by atoms with Crippen LogP contribution in [0.4, 0.5) is 0 Å². The number of fused-ring (bicyclic) bond motifs is 2. The van der Waals surface area contributed by atoms with E-state index in [-0.39, 0.29) is 11.7 Å². The lowest BCUT2D eigenvalue weighted by atomic mass is 9.76. The summed E-state index contributed by atoms with van der Waals surface area (Å²) in [5.41, 5.74) is 2.17. The third-order valence-corrected chi connectivity index (χ3v) is 4.65. The number of aryl methyl sites for hydroxylation is 1. The van der Waals surface area contributed by atoms with Crippen LogP contribution < -0.4 is 5.32 Å². The van der Waals surface area contributed by atoms with Crippen molar-refractivity contribution >= 4 is 5.78 Å². The zero-order valence-electron chi connectivity index (χ0n) is 11.9. The maximum atomic E-state index is 12.7. The van der Waals surface area contributed by atoms with Crippen molar-refractivity contribution in [2.24, 2.45) is 5.92 Å². The average Bonchev–Trinajstić information content (AvgIpc) is 2.46. The van der Waals surface area contributed by atoms with Crippen molar-refractivity contribution in [2.75, 3.05) is 0 Å². The van der Waals surface area contributed by atoms with Gasteiger partial charge in [-0.05, 0) is 50.3 Å². The van der Waals surface area contributed by atoms with Gasteiger partial charge < -0.3 is 5.32 Å². The Hall–Kier alpha value is -1.66. The Kier molecular flexibility index (Phi) is 3.58. The third kappa shape index (κ3) is 2.48. The Morgan fingerprint density at radius 2 is 2.00 bits per heavy atom. The van der Waals surface area contributed by atoms with E-state index < -0.39 is 0 Å². The Balaban J connectivity index is 1.84. The van der Waals surface area contributed by atoms with Crippen molar-refractivity contribution in [1.29, 1.82) is 5.26 Å². The Bertz CT molecular complexity index is 561. The third-order valence-electron chi connectivity index (χ3n) is 4.65. The van der Waals surface area contributed by atoms with E-state index in [9.17, 15) is 10.1 Å². The van der Waals surface area contributed by atoms with Crippen molar-refractivity contribution in [1.82, 2.24) is 5.32 Å². The van der Waals surface area contributed by atoms with Gasteiger partial charge >= 0.3 is 0 Å². The van der Waals surface area contributed by atoms with Crippen LogP contribution in [0.25, 0.3) is 0 Å². The van der Waals surface area contributed by atoms with Gasteiger partial charge in [-0.3, -0.25) is 4.79 Å². The number of nitriles is 1. The first-order valence-corrected chi connectivity index (χ1v) is 7.48. The number of ketones is 1. The second-order valence-corrected chi connectivity index (χ2v) is 6.18. The topological polar surface area (TPSA) is 52.9 Å². The molecule has 2 atom stereocenters. The van der Waals surface area contributed by atoms with E-state index in [2.05, 4.69) is 11.4 Å². The lowest BCUT2D eigenvalue weighted by Gasteiger charge is -2.39. The molecule has 3 rings (SSSR count). The van der Waals surface area contributed by atoms with Crippen LogP contribution in [0.2, 0.25) is 0 Å². The van der Waals surface area contributed by atoms with Gasteiger partial charge in [0.1, 0.15) is 0 Å². The maximum absolute atomic E-state index is 12.7. The molecule has 2 bridgehead atoms. The van der Waals surface area contributed by atoms with Crippen molar-refractivity contribution in [3.8, 4) is 6.07 Å². The first-order valence-electron chi connectivity index (χ1n) is 7.48. The van der Waals surface area contributed by atoms with E-state index in [1.165, 1.54) is 19.3 Å². The van der Waals surface area contributed by atoms with Crippen LogP contribution >= 0.6 is 0 Å². The first kappa shape index (κ1) is 13.3. The number of hydrogen-bond acceptors (Lipinski definition) is 3. The minimum Gasteiger partial charge on any atom is -0.311 e. The van der Waals surface area contributed by atoms with Crippen molar-refractivity contribution < 1.29 is 4.79 Å². The number of carbonyl (C=O) groups is 1. The van der Waals surface area contributed by atoms with Crippen molar-refractivity contribution in [2.45, 2.75) is 51.1 Å². The Morgan fingerprint density at radius 3 is 2.65 bits per heavy atom. The summed E-state index contributed by atoms with van der Waals surface area (Å²) in [6, 6.07) is 8.72. The molecule has 1 aromatic rings.